The summed E-state index contributed by atoms with van der Waals surface area (Å²) in [5.41, 5.74) is -0.342. The highest BCUT2D eigenvalue weighted by molar-refractivity contribution is 8.00. The second-order valence-corrected chi connectivity index (χ2v) is 3.32. The van der Waals surface area contributed by atoms with Crippen molar-refractivity contribution in [2.45, 2.75) is 23.8 Å². The first-order chi connectivity index (χ1) is 5.76. The van der Waals surface area contributed by atoms with Gasteiger partial charge in [-0.3, -0.25) is 4.98 Å². The molecule has 1 heterocycles. The Morgan fingerprint density at radius 1 is 1.83 bits per heavy atom. The van der Waals surface area contributed by atoms with Crippen LogP contribution in [-0.2, 0) is 0 Å². The van der Waals surface area contributed by atoms with Crippen LogP contribution in [0.1, 0.15) is 13.3 Å². The Kier molecular flexibility index (Phi) is 2.94. The van der Waals surface area contributed by atoms with Crippen molar-refractivity contribution < 1.29 is 0 Å². The van der Waals surface area contributed by atoms with Gasteiger partial charge in [0.05, 0.1) is 11.3 Å². The zero-order valence-electron chi connectivity index (χ0n) is 6.50. The summed E-state index contributed by atoms with van der Waals surface area (Å²) in [6.45, 7) is 1.91. The smallest absolute Gasteiger partial charge is 0.284 e. The number of H-pyrrole nitrogens is 2. The number of nitrogens with one attached hydrogen (secondary N) is 2. The highest BCUT2D eigenvalue weighted by Crippen LogP contribution is 2.19. The molecule has 0 aliphatic heterocycles. The first-order valence-electron chi connectivity index (χ1n) is 3.47. The number of aromatic amines is 2. The van der Waals surface area contributed by atoms with Crippen LogP contribution in [-0.4, -0.2) is 20.4 Å². The molecule has 0 aliphatic carbocycles. The molecule has 5 nitrogen and oxygen atoms in total. The van der Waals surface area contributed by atoms with Gasteiger partial charge in [-0.1, -0.05) is 18.7 Å². The Morgan fingerprint density at radius 2 is 2.58 bits per heavy atom. The van der Waals surface area contributed by atoms with Crippen molar-refractivity contribution in [1.82, 2.24) is 15.2 Å². The second kappa shape index (κ2) is 3.97. The molecule has 0 radical (unpaired) electrons. The van der Waals surface area contributed by atoms with Crippen LogP contribution < -0.4 is 5.69 Å². The molecule has 0 bridgehead atoms. The Balaban J connectivity index is 2.64. The third-order valence-corrected chi connectivity index (χ3v) is 2.39. The predicted molar refractivity (Wildman–Crippen MR) is 44.8 cm³/mol. The largest absolute Gasteiger partial charge is 0.341 e. The lowest BCUT2D eigenvalue weighted by Gasteiger charge is -1.99. The van der Waals surface area contributed by atoms with Crippen molar-refractivity contribution in [1.29, 1.82) is 5.26 Å². The number of hydrogen-bond acceptors (Lipinski definition) is 4. The van der Waals surface area contributed by atoms with E-state index in [1.54, 1.807) is 0 Å². The van der Waals surface area contributed by atoms with Gasteiger partial charge in [0.2, 0.25) is 0 Å². The van der Waals surface area contributed by atoms with Crippen LogP contribution in [0.3, 0.4) is 0 Å². The molecule has 12 heavy (non-hydrogen) atoms. The van der Waals surface area contributed by atoms with Crippen molar-refractivity contribution in [3.63, 3.8) is 0 Å². The molecular weight excluding hydrogens is 176 g/mol. The molecule has 1 aromatic rings. The fraction of sp³-hybridized carbons (Fsp3) is 0.500. The molecule has 0 aromatic carbocycles. The molecule has 2 N–H and O–H groups in total. The summed E-state index contributed by atoms with van der Waals surface area (Å²) in [7, 11) is 0. The van der Waals surface area contributed by atoms with E-state index in [2.05, 4.69) is 21.3 Å². The lowest BCUT2D eigenvalue weighted by Crippen LogP contribution is -2.01. The van der Waals surface area contributed by atoms with Crippen LogP contribution in [0.25, 0.3) is 0 Å². The highest BCUT2D eigenvalue weighted by atomic mass is 32.2. The van der Waals surface area contributed by atoms with Crippen molar-refractivity contribution in [3.05, 3.63) is 10.5 Å². The first kappa shape index (κ1) is 8.87. The molecule has 1 aromatic heterocycles. The summed E-state index contributed by atoms with van der Waals surface area (Å²) in [6.07, 6.45) is 0.732. The van der Waals surface area contributed by atoms with Crippen LogP contribution in [0.5, 0.6) is 0 Å². The molecule has 6 heteroatoms. The van der Waals surface area contributed by atoms with Gasteiger partial charge in [0.15, 0.2) is 5.16 Å². The molecule has 1 rings (SSSR count). The van der Waals surface area contributed by atoms with Crippen molar-refractivity contribution in [2.24, 2.45) is 0 Å². The minimum absolute atomic E-state index is 0.149. The summed E-state index contributed by atoms with van der Waals surface area (Å²) in [5.74, 6) is 0. The minimum atomic E-state index is -0.342. The summed E-state index contributed by atoms with van der Waals surface area (Å²) >= 11 is 1.25. The number of hydrogen-bond donors (Lipinski definition) is 2. The number of thioether (sulfide) groups is 1. The van der Waals surface area contributed by atoms with E-state index in [0.29, 0.717) is 5.16 Å². The maximum absolute atomic E-state index is 10.6. The van der Waals surface area contributed by atoms with E-state index in [9.17, 15) is 4.79 Å². The normalized spacial score (nSPS) is 12.3. The Hall–Kier alpha value is -1.22. The first-order valence-corrected chi connectivity index (χ1v) is 4.35. The van der Waals surface area contributed by atoms with Crippen LogP contribution >= 0.6 is 11.8 Å². The third kappa shape index (κ3) is 2.13. The maximum atomic E-state index is 10.6. The quantitative estimate of drug-likeness (QED) is 0.669. The van der Waals surface area contributed by atoms with E-state index >= 15 is 0 Å². The molecule has 0 fully saturated rings. The molecule has 0 spiro atoms. The number of nitrogens with zero attached hydrogens (tertiary/aromatic N) is 2. The van der Waals surface area contributed by atoms with E-state index in [-0.39, 0.29) is 10.9 Å². The predicted octanol–water partition coefficient (Wildman–Crippen LogP) is 0.492. The zero-order valence-corrected chi connectivity index (χ0v) is 7.31. The maximum Gasteiger partial charge on any atom is 0.341 e. The van der Waals surface area contributed by atoms with Crippen LogP contribution in [0.4, 0.5) is 0 Å². The number of rotatable bonds is 3. The summed E-state index contributed by atoms with van der Waals surface area (Å²) in [5, 5.41) is 14.8. The van der Waals surface area contributed by atoms with Crippen molar-refractivity contribution >= 4 is 11.8 Å². The highest BCUT2D eigenvalue weighted by Gasteiger charge is 2.08. The van der Waals surface area contributed by atoms with E-state index in [1.165, 1.54) is 11.8 Å². The van der Waals surface area contributed by atoms with E-state index in [1.807, 2.05) is 6.92 Å². The molecule has 64 valence electrons. The molecule has 0 aliphatic rings. The Bertz CT molecular complexity index is 336. The average molecular weight is 184 g/mol. The number of nitriles is 1. The topological polar surface area (TPSA) is 85.3 Å². The van der Waals surface area contributed by atoms with E-state index in [4.69, 9.17) is 5.26 Å². The molecule has 0 amide bonds. The second-order valence-electron chi connectivity index (χ2n) is 2.13. The molecule has 0 saturated heterocycles. The number of aromatic nitrogens is 3. The van der Waals surface area contributed by atoms with Crippen molar-refractivity contribution in [3.8, 4) is 6.07 Å². The zero-order chi connectivity index (χ0) is 8.97. The summed E-state index contributed by atoms with van der Waals surface area (Å²) in [4.78, 5) is 13.0. The van der Waals surface area contributed by atoms with Gasteiger partial charge in [-0.2, -0.15) is 5.26 Å². The van der Waals surface area contributed by atoms with Gasteiger partial charge in [0.1, 0.15) is 0 Å². The minimum Gasteiger partial charge on any atom is -0.284 e. The van der Waals surface area contributed by atoms with Gasteiger partial charge < -0.3 is 0 Å². The van der Waals surface area contributed by atoms with Gasteiger partial charge >= 0.3 is 5.69 Å². The summed E-state index contributed by atoms with van der Waals surface area (Å²) in [6, 6.07) is 2.10. The van der Waals surface area contributed by atoms with Gasteiger partial charge in [-0.15, -0.1) is 5.10 Å². The van der Waals surface area contributed by atoms with Crippen LogP contribution in [0, 0.1) is 11.3 Å². The monoisotopic (exact) mass is 184 g/mol. The van der Waals surface area contributed by atoms with Gasteiger partial charge in [0.25, 0.3) is 0 Å². The third-order valence-electron chi connectivity index (χ3n) is 1.25. The molecule has 0 saturated carbocycles. The Morgan fingerprint density at radius 3 is 3.00 bits per heavy atom. The van der Waals surface area contributed by atoms with Gasteiger partial charge in [-0.05, 0) is 6.42 Å². The standard InChI is InChI=1S/C6H8N4OS/c1-2-4(3-7)12-6-8-5(11)9-10-6/h4H,2H2,1H3,(H2,8,9,10,11). The molecular formula is C6H8N4OS. The fourth-order valence-corrected chi connectivity index (χ4v) is 1.38. The van der Waals surface area contributed by atoms with Gasteiger partial charge in [-0.25, -0.2) is 9.89 Å². The van der Waals surface area contributed by atoms with Crippen molar-refractivity contribution in [2.75, 3.05) is 0 Å². The lowest BCUT2D eigenvalue weighted by atomic mass is 10.4. The fourth-order valence-electron chi connectivity index (χ4n) is 0.646. The van der Waals surface area contributed by atoms with Gasteiger partial charge in [0, 0.05) is 0 Å². The SMILES string of the molecule is CCC(C#N)Sc1n[nH]c(=O)[nH]1. The lowest BCUT2D eigenvalue weighted by molar-refractivity contribution is 0.941. The molecule has 1 atom stereocenters. The molecule has 1 unspecified atom stereocenters. The Labute approximate surface area is 73.2 Å². The van der Waals surface area contributed by atoms with Crippen LogP contribution in [0.15, 0.2) is 9.95 Å². The van der Waals surface area contributed by atoms with E-state index in [0.717, 1.165) is 6.42 Å². The van der Waals surface area contributed by atoms with Crippen LogP contribution in [0.2, 0.25) is 0 Å². The van der Waals surface area contributed by atoms with E-state index < -0.39 is 0 Å². The summed E-state index contributed by atoms with van der Waals surface area (Å²) < 4.78 is 0. The average Bonchev–Trinajstić information content (AvgIpc) is 2.47.